The van der Waals surface area contributed by atoms with Crippen molar-refractivity contribution in [2.45, 2.75) is 13.8 Å². The number of anilines is 1. The van der Waals surface area contributed by atoms with Gasteiger partial charge in [-0.05, 0) is 0 Å². The van der Waals surface area contributed by atoms with Crippen LogP contribution in [0.15, 0.2) is 29.4 Å². The number of nitrogens with one attached hydrogen (secondary N) is 2. The van der Waals surface area contributed by atoms with Crippen molar-refractivity contribution >= 4 is 36.0 Å². The first-order chi connectivity index (χ1) is 8.29. The number of amides is 2. The summed E-state index contributed by atoms with van der Waals surface area (Å²) in [6.07, 6.45) is 0. The van der Waals surface area contributed by atoms with Crippen molar-refractivity contribution in [3.63, 3.8) is 0 Å². The van der Waals surface area contributed by atoms with Gasteiger partial charge in [-0.15, -0.1) is 0 Å². The van der Waals surface area contributed by atoms with Gasteiger partial charge in [0.05, 0.1) is 0 Å². The zero-order valence-electron chi connectivity index (χ0n) is 9.91. The van der Waals surface area contributed by atoms with Crippen LogP contribution in [0.1, 0.15) is 13.8 Å². The van der Waals surface area contributed by atoms with Gasteiger partial charge in [-0.25, -0.2) is 0 Å². The van der Waals surface area contributed by atoms with Gasteiger partial charge in [-0.2, -0.15) is 0 Å². The number of nitrogens with zero attached hydrogens (tertiary/aromatic N) is 1. The molecular weight excluding hydrogens is 301 g/mol. The second-order valence-electron chi connectivity index (χ2n) is 3.72. The summed E-state index contributed by atoms with van der Waals surface area (Å²) in [6.45, 7) is 3.47. The molecule has 0 unspecified atom stereocenters. The van der Waals surface area contributed by atoms with Crippen LogP contribution < -0.4 is 15.1 Å². The van der Waals surface area contributed by atoms with Crippen LogP contribution in [0.25, 0.3) is 0 Å². The fourth-order valence-electron chi connectivity index (χ4n) is 1.06. The first-order valence-electron chi connectivity index (χ1n) is 5.03. The third kappa shape index (κ3) is 4.75. The molecule has 0 atom stereocenters. The Bertz CT molecular complexity index is 502. The number of carbonyl (C=O) groups excluding carboxylic acids is 1. The number of hydrazone groups is 1. The van der Waals surface area contributed by atoms with Gasteiger partial charge in [-0.1, -0.05) is 0 Å². The Balaban J connectivity index is 2.67. The van der Waals surface area contributed by atoms with E-state index in [1.165, 1.54) is 24.3 Å². The summed E-state index contributed by atoms with van der Waals surface area (Å²) >= 11 is -4.86. The predicted octanol–water partition coefficient (Wildman–Crippen LogP) is -0.235. The average Bonchev–Trinajstić information content (AvgIpc) is 2.26. The predicted molar refractivity (Wildman–Crippen MR) is 67.9 cm³/mol. The molecule has 0 heterocycles. The maximum atomic E-state index is 11.3. The van der Waals surface area contributed by atoms with E-state index < -0.39 is 20.2 Å². The zero-order chi connectivity index (χ0) is 13.8. The molecule has 0 spiro atoms. The normalized spacial score (nSPS) is 10.7. The van der Waals surface area contributed by atoms with E-state index in [4.69, 9.17) is 8.19 Å². The molecule has 0 fully saturated rings. The third-order valence-electron chi connectivity index (χ3n) is 1.84. The molecule has 0 aliphatic rings. The van der Waals surface area contributed by atoms with Crippen LogP contribution in [0.5, 0.6) is 0 Å². The van der Waals surface area contributed by atoms with E-state index in [0.29, 0.717) is 11.4 Å². The summed E-state index contributed by atoms with van der Waals surface area (Å²) in [5, 5.41) is 6.18. The van der Waals surface area contributed by atoms with Crippen LogP contribution in [0.4, 0.5) is 10.5 Å². The molecule has 4 N–H and O–H groups in total. The molecule has 8 heteroatoms. The Morgan fingerprint density at radius 3 is 2.22 bits per heavy atom. The Morgan fingerprint density at radius 2 is 1.78 bits per heavy atom. The monoisotopic (exact) mass is 315 g/mol. The first-order valence-corrected chi connectivity index (χ1v) is 8.41. The molecule has 7 nitrogen and oxygen atoms in total. The summed E-state index contributed by atoms with van der Waals surface area (Å²) in [5.41, 5.74) is 3.38. The van der Waals surface area contributed by atoms with Gasteiger partial charge in [0.2, 0.25) is 0 Å². The van der Waals surface area contributed by atoms with Gasteiger partial charge in [-0.3, -0.25) is 0 Å². The van der Waals surface area contributed by atoms with Crippen molar-refractivity contribution in [3.05, 3.63) is 24.3 Å². The number of hydrogen-bond donors (Lipinski definition) is 4. The molecule has 98 valence electrons. The quantitative estimate of drug-likeness (QED) is 0.350. The average molecular weight is 315 g/mol. The Morgan fingerprint density at radius 1 is 1.22 bits per heavy atom. The summed E-state index contributed by atoms with van der Waals surface area (Å²) < 4.78 is 28.9. The van der Waals surface area contributed by atoms with Gasteiger partial charge in [0.15, 0.2) is 0 Å². The molecule has 0 bridgehead atoms. The van der Waals surface area contributed by atoms with E-state index in [0.717, 1.165) is 0 Å². The van der Waals surface area contributed by atoms with Gasteiger partial charge >= 0.3 is 107 Å². The van der Waals surface area contributed by atoms with Crippen molar-refractivity contribution in [1.82, 2.24) is 5.43 Å². The molecule has 1 aromatic rings. The fourth-order valence-corrected chi connectivity index (χ4v) is 2.19. The van der Waals surface area contributed by atoms with Crippen LogP contribution >= 0.6 is 0 Å². The van der Waals surface area contributed by atoms with E-state index in [-0.39, 0.29) is 4.35 Å². The number of urea groups is 1. The van der Waals surface area contributed by atoms with Crippen LogP contribution in [-0.2, 0) is 3.74 Å². The minimum absolute atomic E-state index is 0.0403. The van der Waals surface area contributed by atoms with E-state index in [1.807, 2.05) is 0 Å². The van der Waals surface area contributed by atoms with Crippen molar-refractivity contribution in [2.24, 2.45) is 5.10 Å². The van der Waals surface area contributed by atoms with Gasteiger partial charge < -0.3 is 0 Å². The summed E-state index contributed by atoms with van der Waals surface area (Å²) in [4.78, 5) is 11.3. The zero-order valence-corrected chi connectivity index (χ0v) is 11.8. The molecule has 18 heavy (non-hydrogen) atoms. The second kappa shape index (κ2) is 5.86. The summed E-state index contributed by atoms with van der Waals surface area (Å²) in [7, 11) is 0. The molecule has 0 aliphatic heterocycles. The second-order valence-corrected chi connectivity index (χ2v) is 7.08. The number of carbonyl (C=O) groups is 1. The molecule has 1 aromatic carbocycles. The Labute approximate surface area is 107 Å². The molecule has 2 amide bonds. The van der Waals surface area contributed by atoms with Crippen LogP contribution in [0.3, 0.4) is 0 Å². The molecule has 0 aliphatic carbocycles. The third-order valence-corrected chi connectivity index (χ3v) is 3.88. The number of benzene rings is 1. The maximum absolute atomic E-state index is 11.3. The van der Waals surface area contributed by atoms with Crippen molar-refractivity contribution in [1.29, 1.82) is 0 Å². The summed E-state index contributed by atoms with van der Waals surface area (Å²) in [6, 6.07) is 4.87. The molecular formula is C10H14AsN3O4. The Hall–Kier alpha value is -1.56. The number of hydrogen-bond acceptors (Lipinski definition) is 3. The van der Waals surface area contributed by atoms with E-state index in [2.05, 4.69) is 15.8 Å². The SMILES string of the molecule is CC(C)=NNC(=O)Nc1ccc([As](=O)(O)O)cc1. The standard InChI is InChI=1S/C10H14AsN3O4/c1-7(2)13-14-10(15)12-9-5-3-8(4-6-9)11(16,17)18/h3-6H,1-2H3,(H2,12,14,15)(H2,16,17,18). The van der Waals surface area contributed by atoms with Gasteiger partial charge in [0, 0.05) is 0 Å². The Kier molecular flexibility index (Phi) is 4.72. The first kappa shape index (κ1) is 14.5. The fraction of sp³-hybridized carbons (Fsp3) is 0.200. The molecule has 1 rings (SSSR count). The topological polar surface area (TPSA) is 111 Å². The van der Waals surface area contributed by atoms with Crippen molar-refractivity contribution in [3.8, 4) is 0 Å². The van der Waals surface area contributed by atoms with Crippen LogP contribution in [0, 0.1) is 0 Å². The minimum atomic E-state index is -4.86. The number of rotatable bonds is 3. The van der Waals surface area contributed by atoms with E-state index in [9.17, 15) is 8.53 Å². The summed E-state index contributed by atoms with van der Waals surface area (Å²) in [5.74, 6) is 0. The van der Waals surface area contributed by atoms with Crippen molar-refractivity contribution < 1.29 is 16.7 Å². The van der Waals surface area contributed by atoms with Crippen LogP contribution in [-0.4, -0.2) is 34.1 Å². The molecule has 0 radical (unpaired) electrons. The van der Waals surface area contributed by atoms with E-state index >= 15 is 0 Å². The van der Waals surface area contributed by atoms with Crippen molar-refractivity contribution in [2.75, 3.05) is 5.32 Å². The molecule has 0 saturated heterocycles. The van der Waals surface area contributed by atoms with Gasteiger partial charge in [0.25, 0.3) is 0 Å². The molecule has 0 aromatic heterocycles. The van der Waals surface area contributed by atoms with Crippen LogP contribution in [0.2, 0.25) is 0 Å². The molecule has 0 saturated carbocycles. The van der Waals surface area contributed by atoms with E-state index in [1.54, 1.807) is 13.8 Å². The van der Waals surface area contributed by atoms with Gasteiger partial charge in [0.1, 0.15) is 0 Å².